The Morgan fingerprint density at radius 1 is 1.16 bits per heavy atom. The lowest BCUT2D eigenvalue weighted by molar-refractivity contribution is -0.390. The van der Waals surface area contributed by atoms with Crippen molar-refractivity contribution in [3.63, 3.8) is 0 Å². The van der Waals surface area contributed by atoms with Gasteiger partial charge in [0.25, 0.3) is 0 Å². The van der Waals surface area contributed by atoms with E-state index >= 15 is 0 Å². The number of dihydropyridines is 1. The molecule has 1 unspecified atom stereocenters. The van der Waals surface area contributed by atoms with Gasteiger partial charge in [-0.05, 0) is 49.4 Å². The normalized spacial score (nSPS) is 19.6. The average molecular weight is 447 g/mol. The van der Waals surface area contributed by atoms with E-state index in [4.69, 9.17) is 9.47 Å². The molecule has 32 heavy (non-hydrogen) atoms. The van der Waals surface area contributed by atoms with E-state index < -0.39 is 28.6 Å². The molecule has 0 bridgehead atoms. The molecule has 10 nitrogen and oxygen atoms in total. The van der Waals surface area contributed by atoms with Gasteiger partial charge in [0.15, 0.2) is 0 Å². The van der Waals surface area contributed by atoms with Crippen molar-refractivity contribution in [2.45, 2.75) is 58.8 Å². The first kappa shape index (κ1) is 23.5. The van der Waals surface area contributed by atoms with Crippen LogP contribution >= 0.6 is 0 Å². The van der Waals surface area contributed by atoms with Crippen LogP contribution in [0.2, 0.25) is 0 Å². The van der Waals surface area contributed by atoms with Gasteiger partial charge in [0.2, 0.25) is 6.33 Å². The van der Waals surface area contributed by atoms with Gasteiger partial charge in [-0.25, -0.2) is 9.59 Å². The quantitative estimate of drug-likeness (QED) is 0.384. The maximum atomic E-state index is 13.3. The minimum absolute atomic E-state index is 0.125. The Hall–Kier alpha value is -3.17. The number of esters is 2. The van der Waals surface area contributed by atoms with Crippen molar-refractivity contribution in [3.05, 3.63) is 44.7 Å². The second-order valence-corrected chi connectivity index (χ2v) is 8.28. The molecule has 0 radical (unpaired) electrons. The summed E-state index contributed by atoms with van der Waals surface area (Å²) < 4.78 is 12.4. The average Bonchev–Trinajstić information content (AvgIpc) is 3.13. The number of ether oxygens (including phenoxy) is 2. The van der Waals surface area contributed by atoms with Gasteiger partial charge in [-0.2, -0.15) is 0 Å². The number of allylic oxidation sites excluding steroid dienone is 2. The molecule has 1 atom stereocenters. The van der Waals surface area contributed by atoms with Crippen molar-refractivity contribution in [2.75, 3.05) is 13.2 Å². The first-order valence-electron chi connectivity index (χ1n) is 10.9. The minimum Gasteiger partial charge on any atom is -0.463 e. The summed E-state index contributed by atoms with van der Waals surface area (Å²) in [5.41, 5.74) is 1.35. The molecule has 1 aromatic rings. The van der Waals surface area contributed by atoms with E-state index in [1.54, 1.807) is 27.8 Å². The van der Waals surface area contributed by atoms with Crippen LogP contribution < -0.4 is 5.32 Å². The maximum absolute atomic E-state index is 13.3. The highest BCUT2D eigenvalue weighted by Crippen LogP contribution is 2.42. The number of aromatic nitrogens is 2. The van der Waals surface area contributed by atoms with Crippen molar-refractivity contribution in [2.24, 2.45) is 13.0 Å². The fourth-order valence-corrected chi connectivity index (χ4v) is 4.54. The van der Waals surface area contributed by atoms with Gasteiger partial charge >= 0.3 is 17.8 Å². The highest BCUT2D eigenvalue weighted by molar-refractivity contribution is 6.00. The van der Waals surface area contributed by atoms with E-state index in [0.717, 1.165) is 25.7 Å². The van der Waals surface area contributed by atoms with Crippen LogP contribution in [0.25, 0.3) is 0 Å². The van der Waals surface area contributed by atoms with Gasteiger partial charge in [-0.3, -0.25) is 0 Å². The number of nitro groups is 1. The van der Waals surface area contributed by atoms with Crippen molar-refractivity contribution in [1.29, 1.82) is 0 Å². The number of hydrogen-bond acceptors (Lipinski definition) is 8. The summed E-state index contributed by atoms with van der Waals surface area (Å²) in [5, 5.41) is 14.8. The van der Waals surface area contributed by atoms with E-state index in [0.29, 0.717) is 17.3 Å². The predicted molar refractivity (Wildman–Crippen MR) is 115 cm³/mol. The van der Waals surface area contributed by atoms with Crippen LogP contribution in [0.3, 0.4) is 0 Å². The molecule has 1 N–H and O–H groups in total. The van der Waals surface area contributed by atoms with Gasteiger partial charge < -0.3 is 29.5 Å². The lowest BCUT2D eigenvalue weighted by Crippen LogP contribution is -2.34. The molecule has 0 aromatic carbocycles. The maximum Gasteiger partial charge on any atom is 0.385 e. The van der Waals surface area contributed by atoms with Crippen LogP contribution in [0.1, 0.15) is 64.5 Å². The topological polar surface area (TPSA) is 126 Å². The fraction of sp³-hybridized carbons (Fsp3) is 0.591. The van der Waals surface area contributed by atoms with Crippen molar-refractivity contribution < 1.29 is 24.0 Å². The Bertz CT molecular complexity index is 971. The van der Waals surface area contributed by atoms with Crippen molar-refractivity contribution in [3.8, 4) is 0 Å². The summed E-state index contributed by atoms with van der Waals surface area (Å²) in [6.45, 7) is 5.45. The summed E-state index contributed by atoms with van der Waals surface area (Å²) in [7, 11) is 1.59. The number of carbonyl (C=O) groups excluding carboxylic acids is 2. The third-order valence-electron chi connectivity index (χ3n) is 6.06. The molecular weight excluding hydrogens is 416 g/mol. The SMILES string of the molecule is CCOC(=O)C1=C(C)NC(C)=C(C(=O)OCC2CCCCC2)C1c1c([N+](=O)[O-])ncn1C. The second-order valence-electron chi connectivity index (χ2n) is 8.28. The lowest BCUT2D eigenvalue weighted by atomic mass is 9.82. The number of carbonyl (C=O) groups is 2. The molecule has 1 aromatic heterocycles. The molecular formula is C22H30N4O6. The van der Waals surface area contributed by atoms with Gasteiger partial charge in [-0.1, -0.05) is 19.3 Å². The van der Waals surface area contributed by atoms with Crippen LogP contribution in [-0.2, 0) is 26.1 Å². The third kappa shape index (κ3) is 4.68. The summed E-state index contributed by atoms with van der Waals surface area (Å²) in [6, 6.07) is 0. The lowest BCUT2D eigenvalue weighted by Gasteiger charge is -2.30. The first-order valence-corrected chi connectivity index (χ1v) is 10.9. The number of nitrogens with one attached hydrogen (secondary N) is 1. The zero-order chi connectivity index (χ0) is 23.4. The second kappa shape index (κ2) is 9.97. The first-order chi connectivity index (χ1) is 15.3. The zero-order valence-corrected chi connectivity index (χ0v) is 19.0. The predicted octanol–water partition coefficient (Wildman–Crippen LogP) is 3.25. The van der Waals surface area contributed by atoms with Gasteiger partial charge in [-0.15, -0.1) is 0 Å². The summed E-state index contributed by atoms with van der Waals surface area (Å²) in [4.78, 5) is 41.2. The molecule has 10 heteroatoms. The van der Waals surface area contributed by atoms with Gasteiger partial charge in [0.05, 0.1) is 30.3 Å². The smallest absolute Gasteiger partial charge is 0.385 e. The minimum atomic E-state index is -1.04. The molecule has 1 saturated carbocycles. The standard InChI is InChI=1S/C22H30N4O6/c1-5-31-21(27)16-13(2)24-14(3)17(22(28)32-11-15-9-7-6-8-10-15)18(16)19-20(26(29)30)23-12-25(19)4/h12,15,18,24H,5-11H2,1-4H3. The van der Waals surface area contributed by atoms with Crippen LogP contribution in [0.4, 0.5) is 5.82 Å². The molecule has 174 valence electrons. The molecule has 0 amide bonds. The molecule has 3 rings (SSSR count). The van der Waals surface area contributed by atoms with Gasteiger partial charge in [0, 0.05) is 18.4 Å². The van der Waals surface area contributed by atoms with E-state index in [2.05, 4.69) is 10.3 Å². The fourth-order valence-electron chi connectivity index (χ4n) is 4.54. The van der Waals surface area contributed by atoms with Crippen LogP contribution in [0, 0.1) is 16.0 Å². The van der Waals surface area contributed by atoms with Crippen LogP contribution in [0.5, 0.6) is 0 Å². The Morgan fingerprint density at radius 3 is 2.31 bits per heavy atom. The molecule has 2 heterocycles. The number of aryl methyl sites for hydroxylation is 1. The Labute approximate surface area is 186 Å². The molecule has 0 spiro atoms. The zero-order valence-electron chi connectivity index (χ0n) is 19.0. The number of hydrogen-bond donors (Lipinski definition) is 1. The van der Waals surface area contributed by atoms with Crippen LogP contribution in [0.15, 0.2) is 28.9 Å². The highest BCUT2D eigenvalue weighted by Gasteiger charge is 2.43. The Morgan fingerprint density at radius 2 is 1.75 bits per heavy atom. The molecule has 2 aliphatic rings. The van der Waals surface area contributed by atoms with Crippen LogP contribution in [-0.4, -0.2) is 39.6 Å². The summed E-state index contributed by atoms with van der Waals surface area (Å²) in [6.07, 6.45) is 6.74. The van der Waals surface area contributed by atoms with E-state index in [1.807, 2.05) is 0 Å². The molecule has 1 aliphatic carbocycles. The van der Waals surface area contributed by atoms with E-state index in [1.165, 1.54) is 17.3 Å². The molecule has 0 saturated heterocycles. The largest absolute Gasteiger partial charge is 0.463 e. The Balaban J connectivity index is 2.04. The molecule has 1 aliphatic heterocycles. The third-order valence-corrected chi connectivity index (χ3v) is 6.06. The van der Waals surface area contributed by atoms with E-state index in [-0.39, 0.29) is 30.1 Å². The Kier molecular flexibility index (Phi) is 7.32. The number of imidazole rings is 1. The monoisotopic (exact) mass is 446 g/mol. The number of nitrogens with zero attached hydrogens (tertiary/aromatic N) is 3. The summed E-state index contributed by atoms with van der Waals surface area (Å²) in [5.74, 6) is -2.41. The number of rotatable bonds is 7. The molecule has 1 fully saturated rings. The van der Waals surface area contributed by atoms with E-state index in [9.17, 15) is 19.7 Å². The van der Waals surface area contributed by atoms with Crippen molar-refractivity contribution >= 4 is 17.8 Å². The van der Waals surface area contributed by atoms with Crippen molar-refractivity contribution in [1.82, 2.24) is 14.9 Å². The van der Waals surface area contributed by atoms with Gasteiger partial charge in [0.1, 0.15) is 5.69 Å². The highest BCUT2D eigenvalue weighted by atomic mass is 16.6. The summed E-state index contributed by atoms with van der Waals surface area (Å²) >= 11 is 0.